The third kappa shape index (κ3) is 5.22. The molecular formula is C22H34FN3O. The monoisotopic (exact) mass is 375 g/mol. The van der Waals surface area contributed by atoms with E-state index in [0.717, 1.165) is 57.5 Å². The van der Waals surface area contributed by atoms with Crippen molar-refractivity contribution in [1.29, 1.82) is 0 Å². The van der Waals surface area contributed by atoms with Crippen LogP contribution in [0.25, 0.3) is 0 Å². The van der Waals surface area contributed by atoms with Crippen LogP contribution in [-0.2, 0) is 4.79 Å². The van der Waals surface area contributed by atoms with E-state index in [2.05, 4.69) is 29.0 Å². The summed E-state index contributed by atoms with van der Waals surface area (Å²) >= 11 is 0. The van der Waals surface area contributed by atoms with Crippen molar-refractivity contribution >= 4 is 11.6 Å². The zero-order valence-electron chi connectivity index (χ0n) is 16.8. The molecule has 1 heterocycles. The average Bonchev–Trinajstić information content (AvgIpc) is 2.71. The highest BCUT2D eigenvalue weighted by Gasteiger charge is 2.31. The maximum Gasteiger partial charge on any atom is 0.225 e. The van der Waals surface area contributed by atoms with Crippen LogP contribution in [0.3, 0.4) is 0 Å². The fourth-order valence-corrected chi connectivity index (χ4v) is 4.64. The van der Waals surface area contributed by atoms with E-state index in [0.29, 0.717) is 18.0 Å². The van der Waals surface area contributed by atoms with Crippen LogP contribution in [0.2, 0.25) is 0 Å². The van der Waals surface area contributed by atoms with Crippen LogP contribution in [0, 0.1) is 11.7 Å². The lowest BCUT2D eigenvalue weighted by Gasteiger charge is -2.40. The van der Waals surface area contributed by atoms with Gasteiger partial charge in [-0.25, -0.2) is 4.39 Å². The van der Waals surface area contributed by atoms with Gasteiger partial charge in [0, 0.05) is 49.9 Å². The molecule has 1 amide bonds. The van der Waals surface area contributed by atoms with Crippen molar-refractivity contribution in [2.24, 2.45) is 5.92 Å². The molecule has 0 unspecified atom stereocenters. The molecule has 2 fully saturated rings. The van der Waals surface area contributed by atoms with E-state index in [-0.39, 0.29) is 11.7 Å². The summed E-state index contributed by atoms with van der Waals surface area (Å²) in [5.74, 6) is 0.328. The van der Waals surface area contributed by atoms with E-state index < -0.39 is 0 Å². The van der Waals surface area contributed by atoms with Crippen LogP contribution >= 0.6 is 0 Å². The van der Waals surface area contributed by atoms with Crippen LogP contribution in [0.1, 0.15) is 52.4 Å². The van der Waals surface area contributed by atoms with Crippen molar-refractivity contribution in [2.75, 3.05) is 31.5 Å². The van der Waals surface area contributed by atoms with Crippen LogP contribution in [0.15, 0.2) is 24.3 Å². The van der Waals surface area contributed by atoms with E-state index >= 15 is 0 Å². The normalized spacial score (nSPS) is 24.2. The lowest BCUT2D eigenvalue weighted by Crippen LogP contribution is -2.53. The van der Waals surface area contributed by atoms with Gasteiger partial charge in [0.05, 0.1) is 0 Å². The zero-order chi connectivity index (χ0) is 19.2. The molecule has 0 spiro atoms. The molecule has 4 nitrogen and oxygen atoms in total. The van der Waals surface area contributed by atoms with E-state index in [1.54, 1.807) is 12.1 Å². The van der Waals surface area contributed by atoms with E-state index in [9.17, 15) is 9.18 Å². The van der Waals surface area contributed by atoms with Gasteiger partial charge in [0.1, 0.15) is 5.82 Å². The first kappa shape index (κ1) is 20.1. The van der Waals surface area contributed by atoms with Crippen molar-refractivity contribution in [3.05, 3.63) is 30.1 Å². The number of piperazine rings is 1. The SMILES string of the molecule is CCC(CC)N1CCN(C(=O)[C@H]2CC[C@H](Nc3ccc(F)cc3)CC2)CC1. The minimum absolute atomic E-state index is 0.177. The van der Waals surface area contributed by atoms with E-state index in [4.69, 9.17) is 0 Å². The maximum absolute atomic E-state index is 13.0. The number of nitrogens with one attached hydrogen (secondary N) is 1. The third-order valence-corrected chi connectivity index (χ3v) is 6.38. The van der Waals surface area contributed by atoms with E-state index in [1.807, 2.05) is 0 Å². The second-order valence-electron chi connectivity index (χ2n) is 8.03. The molecule has 1 aromatic rings. The molecule has 1 saturated heterocycles. The van der Waals surface area contributed by atoms with Crippen LogP contribution < -0.4 is 5.32 Å². The van der Waals surface area contributed by atoms with Gasteiger partial charge < -0.3 is 10.2 Å². The maximum atomic E-state index is 13.0. The van der Waals surface area contributed by atoms with Gasteiger partial charge in [-0.05, 0) is 62.8 Å². The minimum atomic E-state index is -0.209. The Balaban J connectivity index is 1.43. The highest BCUT2D eigenvalue weighted by molar-refractivity contribution is 5.79. The standard InChI is InChI=1S/C22H34FN3O/c1-3-21(4-2)25-13-15-26(16-14-25)22(27)17-5-9-19(10-6-17)24-20-11-7-18(23)8-12-20/h7-8,11-12,17,19,21,24H,3-6,9-10,13-16H2,1-2H3/t17-,19-. The summed E-state index contributed by atoms with van der Waals surface area (Å²) in [5.41, 5.74) is 0.962. The summed E-state index contributed by atoms with van der Waals surface area (Å²) in [6.45, 7) is 8.29. The van der Waals surface area contributed by atoms with Crippen molar-refractivity contribution in [2.45, 2.75) is 64.5 Å². The largest absolute Gasteiger partial charge is 0.382 e. The molecule has 5 heteroatoms. The van der Waals surface area contributed by atoms with Gasteiger partial charge in [0.25, 0.3) is 0 Å². The van der Waals surface area contributed by atoms with Gasteiger partial charge in [-0.3, -0.25) is 9.69 Å². The Labute approximate surface area is 163 Å². The fraction of sp³-hybridized carbons (Fsp3) is 0.682. The average molecular weight is 376 g/mol. The number of nitrogens with zero attached hydrogens (tertiary/aromatic N) is 2. The Morgan fingerprint density at radius 3 is 2.19 bits per heavy atom. The minimum Gasteiger partial charge on any atom is -0.382 e. The first-order valence-corrected chi connectivity index (χ1v) is 10.7. The number of halogens is 1. The molecule has 0 radical (unpaired) electrons. The van der Waals surface area contributed by atoms with Crippen molar-refractivity contribution < 1.29 is 9.18 Å². The lowest BCUT2D eigenvalue weighted by molar-refractivity contribution is -0.138. The smallest absolute Gasteiger partial charge is 0.225 e. The Bertz CT molecular complexity index is 586. The molecular weight excluding hydrogens is 341 g/mol. The van der Waals surface area contributed by atoms with Gasteiger partial charge in [-0.15, -0.1) is 0 Å². The summed E-state index contributed by atoms with van der Waals surface area (Å²) in [7, 11) is 0. The molecule has 1 N–H and O–H groups in total. The number of rotatable bonds is 6. The predicted octanol–water partition coefficient (Wildman–Crippen LogP) is 4.13. The number of hydrogen-bond acceptors (Lipinski definition) is 3. The Hall–Kier alpha value is -1.62. The lowest BCUT2D eigenvalue weighted by atomic mass is 9.85. The molecule has 2 aliphatic rings. The topological polar surface area (TPSA) is 35.6 Å². The molecule has 3 rings (SSSR count). The van der Waals surface area contributed by atoms with Gasteiger partial charge in [0.2, 0.25) is 5.91 Å². The Kier molecular flexibility index (Phi) is 7.11. The van der Waals surface area contributed by atoms with Crippen LogP contribution in [0.4, 0.5) is 10.1 Å². The molecule has 0 atom stereocenters. The molecule has 150 valence electrons. The van der Waals surface area contributed by atoms with Crippen molar-refractivity contribution in [1.82, 2.24) is 9.80 Å². The second-order valence-corrected chi connectivity index (χ2v) is 8.03. The number of carbonyl (C=O) groups is 1. The first-order valence-electron chi connectivity index (χ1n) is 10.7. The molecule has 1 aliphatic carbocycles. The van der Waals surface area contributed by atoms with Gasteiger partial charge in [-0.1, -0.05) is 13.8 Å². The van der Waals surface area contributed by atoms with Gasteiger partial charge in [0.15, 0.2) is 0 Å². The number of hydrogen-bond donors (Lipinski definition) is 1. The molecule has 27 heavy (non-hydrogen) atoms. The Morgan fingerprint density at radius 2 is 1.63 bits per heavy atom. The number of carbonyl (C=O) groups excluding carboxylic acids is 1. The number of benzene rings is 1. The summed E-state index contributed by atoms with van der Waals surface area (Å²) in [5, 5.41) is 3.48. The molecule has 0 aromatic heterocycles. The Morgan fingerprint density at radius 1 is 1.04 bits per heavy atom. The zero-order valence-corrected chi connectivity index (χ0v) is 16.8. The van der Waals surface area contributed by atoms with Crippen LogP contribution in [0.5, 0.6) is 0 Å². The predicted molar refractivity (Wildman–Crippen MR) is 108 cm³/mol. The fourth-order valence-electron chi connectivity index (χ4n) is 4.64. The molecule has 1 aromatic carbocycles. The first-order chi connectivity index (χ1) is 13.1. The van der Waals surface area contributed by atoms with Crippen molar-refractivity contribution in [3.63, 3.8) is 0 Å². The quantitative estimate of drug-likeness (QED) is 0.812. The number of amides is 1. The highest BCUT2D eigenvalue weighted by atomic mass is 19.1. The third-order valence-electron chi connectivity index (χ3n) is 6.38. The van der Waals surface area contributed by atoms with E-state index in [1.165, 1.54) is 25.0 Å². The summed E-state index contributed by atoms with van der Waals surface area (Å²) < 4.78 is 13.0. The van der Waals surface area contributed by atoms with Crippen LogP contribution in [-0.4, -0.2) is 54.0 Å². The second kappa shape index (κ2) is 9.54. The highest BCUT2D eigenvalue weighted by Crippen LogP contribution is 2.28. The van der Waals surface area contributed by atoms with Gasteiger partial charge in [-0.2, -0.15) is 0 Å². The van der Waals surface area contributed by atoms with Gasteiger partial charge >= 0.3 is 0 Å². The summed E-state index contributed by atoms with van der Waals surface area (Å²) in [6, 6.07) is 7.58. The van der Waals surface area contributed by atoms with Crippen molar-refractivity contribution in [3.8, 4) is 0 Å². The molecule has 0 bridgehead atoms. The summed E-state index contributed by atoms with van der Waals surface area (Å²) in [6.07, 6.45) is 6.28. The molecule has 1 saturated carbocycles. The number of anilines is 1. The molecule has 1 aliphatic heterocycles. The summed E-state index contributed by atoms with van der Waals surface area (Å²) in [4.78, 5) is 17.6.